The van der Waals surface area contributed by atoms with Crippen molar-refractivity contribution in [1.29, 1.82) is 0 Å². The molecule has 5 heteroatoms. The van der Waals surface area contributed by atoms with Crippen LogP contribution >= 0.6 is 11.6 Å². The molecular weight excluding hydrogens is 216 g/mol. The van der Waals surface area contributed by atoms with Gasteiger partial charge in [0.1, 0.15) is 0 Å². The van der Waals surface area contributed by atoms with E-state index in [1.54, 1.807) is 25.1 Å². The van der Waals surface area contributed by atoms with Crippen molar-refractivity contribution in [3.05, 3.63) is 28.8 Å². The standard InChI is InChI=1S/C10H11ClN2O2/c1-6-5-7(11)3-4-8(6)13-10(15)9(14)12-2/h3-5H,1-2H3,(H,12,14)(H,13,15). The lowest BCUT2D eigenvalue weighted by atomic mass is 10.2. The number of halogens is 1. The molecule has 0 radical (unpaired) electrons. The third kappa shape index (κ3) is 2.95. The number of benzene rings is 1. The zero-order valence-corrected chi connectivity index (χ0v) is 9.18. The highest BCUT2D eigenvalue weighted by atomic mass is 35.5. The summed E-state index contributed by atoms with van der Waals surface area (Å²) in [5.74, 6) is -1.37. The number of aryl methyl sites for hydroxylation is 1. The van der Waals surface area contributed by atoms with Gasteiger partial charge in [-0.25, -0.2) is 0 Å². The molecule has 0 saturated carbocycles. The number of hydrogen-bond donors (Lipinski definition) is 2. The Morgan fingerprint density at radius 3 is 2.47 bits per heavy atom. The highest BCUT2D eigenvalue weighted by Crippen LogP contribution is 2.19. The SMILES string of the molecule is CNC(=O)C(=O)Nc1ccc(Cl)cc1C. The Morgan fingerprint density at radius 1 is 1.27 bits per heavy atom. The summed E-state index contributed by atoms with van der Waals surface area (Å²) in [5.41, 5.74) is 1.38. The maximum Gasteiger partial charge on any atom is 0.313 e. The van der Waals surface area contributed by atoms with Gasteiger partial charge in [0.15, 0.2) is 0 Å². The van der Waals surface area contributed by atoms with E-state index in [0.29, 0.717) is 10.7 Å². The Morgan fingerprint density at radius 2 is 1.93 bits per heavy atom. The highest BCUT2D eigenvalue weighted by Gasteiger charge is 2.12. The summed E-state index contributed by atoms with van der Waals surface area (Å²) in [7, 11) is 1.40. The van der Waals surface area contributed by atoms with Gasteiger partial charge in [-0.3, -0.25) is 9.59 Å². The van der Waals surface area contributed by atoms with Crippen molar-refractivity contribution in [2.45, 2.75) is 6.92 Å². The van der Waals surface area contributed by atoms with E-state index in [2.05, 4.69) is 10.6 Å². The summed E-state index contributed by atoms with van der Waals surface area (Å²) < 4.78 is 0. The molecule has 2 amide bonds. The van der Waals surface area contributed by atoms with E-state index in [4.69, 9.17) is 11.6 Å². The van der Waals surface area contributed by atoms with Gasteiger partial charge in [-0.2, -0.15) is 0 Å². The molecule has 1 aromatic rings. The van der Waals surface area contributed by atoms with Crippen molar-refractivity contribution in [2.75, 3.05) is 12.4 Å². The molecule has 80 valence electrons. The second-order valence-corrected chi connectivity index (χ2v) is 3.43. The van der Waals surface area contributed by atoms with Crippen LogP contribution < -0.4 is 10.6 Å². The van der Waals surface area contributed by atoms with Crippen LogP contribution in [-0.2, 0) is 9.59 Å². The lowest BCUT2D eigenvalue weighted by molar-refractivity contribution is -0.135. The quantitative estimate of drug-likeness (QED) is 0.710. The molecule has 4 nitrogen and oxygen atoms in total. The summed E-state index contributed by atoms with van der Waals surface area (Å²) in [6, 6.07) is 5.01. The molecule has 0 aromatic heterocycles. The fourth-order valence-corrected chi connectivity index (χ4v) is 1.29. The van der Waals surface area contributed by atoms with Crippen molar-refractivity contribution in [3.63, 3.8) is 0 Å². The van der Waals surface area contributed by atoms with E-state index in [-0.39, 0.29) is 0 Å². The zero-order valence-electron chi connectivity index (χ0n) is 8.43. The van der Waals surface area contributed by atoms with Crippen LogP contribution in [0.3, 0.4) is 0 Å². The monoisotopic (exact) mass is 226 g/mol. The van der Waals surface area contributed by atoms with E-state index in [0.717, 1.165) is 5.56 Å². The molecule has 15 heavy (non-hydrogen) atoms. The smallest absolute Gasteiger partial charge is 0.313 e. The average Bonchev–Trinajstić information content (AvgIpc) is 2.20. The fraction of sp³-hybridized carbons (Fsp3) is 0.200. The Bertz CT molecular complexity index is 404. The molecule has 1 aromatic carbocycles. The van der Waals surface area contributed by atoms with Gasteiger partial charge >= 0.3 is 11.8 Å². The van der Waals surface area contributed by atoms with E-state index < -0.39 is 11.8 Å². The van der Waals surface area contributed by atoms with Gasteiger partial charge in [0.25, 0.3) is 0 Å². The number of nitrogens with one attached hydrogen (secondary N) is 2. The molecule has 0 saturated heterocycles. The molecule has 0 bridgehead atoms. The number of carbonyl (C=O) groups is 2. The zero-order chi connectivity index (χ0) is 11.4. The van der Waals surface area contributed by atoms with E-state index >= 15 is 0 Å². The van der Waals surface area contributed by atoms with Crippen LogP contribution in [0.4, 0.5) is 5.69 Å². The van der Waals surface area contributed by atoms with Crippen molar-refractivity contribution in [3.8, 4) is 0 Å². The molecule has 0 spiro atoms. The summed E-state index contributed by atoms with van der Waals surface area (Å²) in [4.78, 5) is 22.2. The minimum absolute atomic E-state index is 0.577. The van der Waals surface area contributed by atoms with Crippen molar-refractivity contribution in [2.24, 2.45) is 0 Å². The van der Waals surface area contributed by atoms with Gasteiger partial charge in [-0.1, -0.05) is 11.6 Å². The predicted molar refractivity (Wildman–Crippen MR) is 58.9 cm³/mol. The molecule has 0 aliphatic carbocycles. The fourth-order valence-electron chi connectivity index (χ4n) is 1.06. The molecule has 2 N–H and O–H groups in total. The Labute approximate surface area is 92.6 Å². The predicted octanol–water partition coefficient (Wildman–Crippen LogP) is 1.33. The Hall–Kier alpha value is -1.55. The number of anilines is 1. The maximum atomic E-state index is 11.2. The number of likely N-dealkylation sites (N-methyl/N-ethyl adjacent to an activating group) is 1. The normalized spacial score (nSPS) is 9.53. The van der Waals surface area contributed by atoms with Gasteiger partial charge in [0.2, 0.25) is 0 Å². The molecule has 0 aliphatic heterocycles. The third-order valence-corrected chi connectivity index (χ3v) is 2.11. The van der Waals surface area contributed by atoms with Crippen molar-refractivity contribution >= 4 is 29.1 Å². The van der Waals surface area contributed by atoms with Crippen LogP contribution in [0.25, 0.3) is 0 Å². The number of carbonyl (C=O) groups excluding carboxylic acids is 2. The number of rotatable bonds is 1. The lowest BCUT2D eigenvalue weighted by Crippen LogP contribution is -2.32. The summed E-state index contributed by atoms with van der Waals surface area (Å²) >= 11 is 5.75. The van der Waals surface area contributed by atoms with E-state index in [1.165, 1.54) is 7.05 Å². The average molecular weight is 227 g/mol. The Balaban J connectivity index is 2.81. The summed E-state index contributed by atoms with van der Waals surface area (Å²) in [6.07, 6.45) is 0. The summed E-state index contributed by atoms with van der Waals surface area (Å²) in [6.45, 7) is 1.80. The van der Waals surface area contributed by atoms with Gasteiger partial charge in [0.05, 0.1) is 0 Å². The maximum absolute atomic E-state index is 11.2. The lowest BCUT2D eigenvalue weighted by Gasteiger charge is -2.07. The molecule has 0 unspecified atom stereocenters. The van der Waals surface area contributed by atoms with Crippen molar-refractivity contribution < 1.29 is 9.59 Å². The molecule has 0 fully saturated rings. The molecule has 0 aliphatic rings. The minimum atomic E-state index is -0.692. The van der Waals surface area contributed by atoms with Gasteiger partial charge in [-0.15, -0.1) is 0 Å². The number of amides is 2. The molecule has 0 heterocycles. The molecular formula is C10H11ClN2O2. The first-order valence-electron chi connectivity index (χ1n) is 4.34. The van der Waals surface area contributed by atoms with Crippen LogP contribution in [0.15, 0.2) is 18.2 Å². The first-order valence-corrected chi connectivity index (χ1v) is 4.71. The molecule has 1 rings (SSSR count). The molecule has 0 atom stereocenters. The van der Waals surface area contributed by atoms with Crippen LogP contribution in [0.5, 0.6) is 0 Å². The third-order valence-electron chi connectivity index (χ3n) is 1.87. The van der Waals surface area contributed by atoms with Crippen LogP contribution in [0.1, 0.15) is 5.56 Å². The van der Waals surface area contributed by atoms with Crippen LogP contribution in [-0.4, -0.2) is 18.9 Å². The second kappa shape index (κ2) is 4.79. The minimum Gasteiger partial charge on any atom is -0.351 e. The number of hydrogen-bond acceptors (Lipinski definition) is 2. The van der Waals surface area contributed by atoms with Gasteiger partial charge in [-0.05, 0) is 30.7 Å². The summed E-state index contributed by atoms with van der Waals surface area (Å²) in [5, 5.41) is 5.31. The van der Waals surface area contributed by atoms with E-state index in [1.807, 2.05) is 0 Å². The first-order chi connectivity index (χ1) is 7.04. The Kier molecular flexibility index (Phi) is 3.68. The topological polar surface area (TPSA) is 58.2 Å². The first kappa shape index (κ1) is 11.5. The van der Waals surface area contributed by atoms with Crippen molar-refractivity contribution in [1.82, 2.24) is 5.32 Å². The van der Waals surface area contributed by atoms with E-state index in [9.17, 15) is 9.59 Å². The van der Waals surface area contributed by atoms with Gasteiger partial charge in [0, 0.05) is 17.8 Å². The highest BCUT2D eigenvalue weighted by molar-refractivity contribution is 6.39. The van der Waals surface area contributed by atoms with Crippen LogP contribution in [0, 0.1) is 6.92 Å². The van der Waals surface area contributed by atoms with Crippen LogP contribution in [0.2, 0.25) is 5.02 Å². The van der Waals surface area contributed by atoms with Gasteiger partial charge < -0.3 is 10.6 Å². The largest absolute Gasteiger partial charge is 0.351 e. The second-order valence-electron chi connectivity index (χ2n) is 2.99.